The summed E-state index contributed by atoms with van der Waals surface area (Å²) in [5.74, 6) is -2.39. The lowest BCUT2D eigenvalue weighted by Crippen LogP contribution is -2.43. The summed E-state index contributed by atoms with van der Waals surface area (Å²) in [5, 5.41) is 11.1. The number of hydrogen-bond acceptors (Lipinski definition) is 9. The average Bonchev–Trinajstić information content (AvgIpc) is 2.84. The molecule has 0 aliphatic heterocycles. The molecule has 12 heteroatoms. The van der Waals surface area contributed by atoms with Crippen molar-refractivity contribution in [1.82, 2.24) is 9.13 Å². The van der Waals surface area contributed by atoms with Gasteiger partial charge in [0.1, 0.15) is 11.4 Å². The Balaban J connectivity index is 1.87. The maximum atomic E-state index is 12.8. The Morgan fingerprint density at radius 1 is 1.12 bits per heavy atom. The molecule has 0 saturated carbocycles. The van der Waals surface area contributed by atoms with Crippen LogP contribution in [0, 0.1) is 10.1 Å². The van der Waals surface area contributed by atoms with Gasteiger partial charge in [0.25, 0.3) is 5.56 Å². The third-order valence-electron chi connectivity index (χ3n) is 4.99. The van der Waals surface area contributed by atoms with Gasteiger partial charge in [-0.25, -0.2) is 9.59 Å². The lowest BCUT2D eigenvalue weighted by atomic mass is 10.1. The van der Waals surface area contributed by atoms with Crippen LogP contribution in [0.2, 0.25) is 0 Å². The molecule has 0 aliphatic carbocycles. The number of nitrogen functional groups attached to an aromatic ring is 1. The van der Waals surface area contributed by atoms with E-state index in [4.69, 9.17) is 15.2 Å². The molecule has 3 aromatic rings. The number of carbonyl (C=O) groups is 2. The Hall–Kier alpha value is -4.74. The zero-order valence-corrected chi connectivity index (χ0v) is 18.2. The zero-order chi connectivity index (χ0) is 25.0. The summed E-state index contributed by atoms with van der Waals surface area (Å²) in [6.45, 7) is -0.864. The normalized spacial score (nSPS) is 10.5. The number of Topliss-reactive ketones (excluding diaryl/α,β-unsaturated/α-hetero) is 1. The van der Waals surface area contributed by atoms with Crippen molar-refractivity contribution in [2.75, 3.05) is 19.5 Å². The van der Waals surface area contributed by atoms with Gasteiger partial charge in [-0.15, -0.1) is 0 Å². The van der Waals surface area contributed by atoms with Crippen molar-refractivity contribution in [1.29, 1.82) is 0 Å². The summed E-state index contributed by atoms with van der Waals surface area (Å²) < 4.78 is 11.6. The molecule has 0 aliphatic rings. The molecule has 0 unspecified atom stereocenters. The van der Waals surface area contributed by atoms with Crippen molar-refractivity contribution in [2.45, 2.75) is 6.54 Å². The molecule has 0 radical (unpaired) electrons. The SMILES string of the molecule is COc1ccc(C(=O)OCC(=O)c2c(N)n(Cc3ccccc3)c(=O)n(C)c2=O)cc1[N+](=O)[O-]. The van der Waals surface area contributed by atoms with Gasteiger partial charge in [0.2, 0.25) is 5.78 Å². The highest BCUT2D eigenvalue weighted by atomic mass is 16.6. The third-order valence-corrected chi connectivity index (χ3v) is 4.99. The molecule has 0 amide bonds. The maximum Gasteiger partial charge on any atom is 0.338 e. The molecule has 0 saturated heterocycles. The molecule has 2 N–H and O–H groups in total. The van der Waals surface area contributed by atoms with Crippen LogP contribution in [-0.2, 0) is 18.3 Å². The summed E-state index contributed by atoms with van der Waals surface area (Å²) >= 11 is 0. The van der Waals surface area contributed by atoms with Crippen molar-refractivity contribution in [2.24, 2.45) is 7.05 Å². The molecule has 34 heavy (non-hydrogen) atoms. The Kier molecular flexibility index (Phi) is 6.90. The molecule has 1 aromatic heterocycles. The smallest absolute Gasteiger partial charge is 0.338 e. The Morgan fingerprint density at radius 2 is 1.79 bits per heavy atom. The van der Waals surface area contributed by atoms with E-state index in [9.17, 15) is 29.3 Å². The van der Waals surface area contributed by atoms with E-state index < -0.39 is 45.8 Å². The fraction of sp³-hybridized carbons (Fsp3) is 0.182. The number of rotatable bonds is 8. The Labute approximate surface area is 191 Å². The number of nitro groups is 1. The number of aromatic nitrogens is 2. The molecule has 0 fully saturated rings. The predicted molar refractivity (Wildman–Crippen MR) is 120 cm³/mol. The second-order valence-electron chi connectivity index (χ2n) is 7.12. The first-order chi connectivity index (χ1) is 16.1. The van der Waals surface area contributed by atoms with Crippen LogP contribution in [0.4, 0.5) is 11.5 Å². The number of ketones is 1. The van der Waals surface area contributed by atoms with Gasteiger partial charge in [-0.2, -0.15) is 0 Å². The maximum absolute atomic E-state index is 12.8. The van der Waals surface area contributed by atoms with Gasteiger partial charge < -0.3 is 15.2 Å². The van der Waals surface area contributed by atoms with Gasteiger partial charge >= 0.3 is 17.3 Å². The van der Waals surface area contributed by atoms with Gasteiger partial charge in [-0.3, -0.25) is 28.8 Å². The molecular weight excluding hydrogens is 448 g/mol. The molecule has 2 aromatic carbocycles. The quantitative estimate of drug-likeness (QED) is 0.221. The number of hydrogen-bond donors (Lipinski definition) is 1. The van der Waals surface area contributed by atoms with Crippen LogP contribution in [0.1, 0.15) is 26.3 Å². The summed E-state index contributed by atoms with van der Waals surface area (Å²) in [7, 11) is 2.44. The van der Waals surface area contributed by atoms with E-state index in [0.29, 0.717) is 5.56 Å². The minimum Gasteiger partial charge on any atom is -0.490 e. The first-order valence-electron chi connectivity index (χ1n) is 9.81. The number of nitro benzene ring substituents is 1. The monoisotopic (exact) mass is 468 g/mol. The fourth-order valence-electron chi connectivity index (χ4n) is 3.21. The lowest BCUT2D eigenvalue weighted by molar-refractivity contribution is -0.385. The fourth-order valence-corrected chi connectivity index (χ4v) is 3.21. The highest BCUT2D eigenvalue weighted by Crippen LogP contribution is 2.27. The van der Waals surface area contributed by atoms with Crippen molar-refractivity contribution in [3.05, 3.63) is 96.2 Å². The van der Waals surface area contributed by atoms with E-state index in [1.807, 2.05) is 0 Å². The van der Waals surface area contributed by atoms with Crippen molar-refractivity contribution >= 4 is 23.3 Å². The average molecular weight is 468 g/mol. The number of ether oxygens (including phenoxy) is 2. The summed E-state index contributed by atoms with van der Waals surface area (Å²) in [6, 6.07) is 12.2. The first kappa shape index (κ1) is 23.9. The second kappa shape index (κ2) is 9.81. The van der Waals surface area contributed by atoms with Crippen LogP contribution in [0.15, 0.2) is 58.1 Å². The number of benzene rings is 2. The highest BCUT2D eigenvalue weighted by molar-refractivity contribution is 6.02. The molecular formula is C22H20N4O8. The van der Waals surface area contributed by atoms with Gasteiger partial charge in [-0.1, -0.05) is 30.3 Å². The number of esters is 1. The van der Waals surface area contributed by atoms with Crippen LogP contribution in [-0.4, -0.2) is 39.5 Å². The van der Waals surface area contributed by atoms with Crippen LogP contribution in [0.5, 0.6) is 5.75 Å². The third kappa shape index (κ3) is 4.70. The number of methoxy groups -OCH3 is 1. The Bertz CT molecular complexity index is 1390. The lowest BCUT2D eigenvalue weighted by Gasteiger charge is -2.14. The van der Waals surface area contributed by atoms with Gasteiger partial charge in [-0.05, 0) is 17.7 Å². The summed E-state index contributed by atoms with van der Waals surface area (Å²) in [5.41, 5.74) is 3.89. The van der Waals surface area contributed by atoms with Crippen LogP contribution >= 0.6 is 0 Å². The van der Waals surface area contributed by atoms with E-state index in [-0.39, 0.29) is 23.7 Å². The van der Waals surface area contributed by atoms with E-state index >= 15 is 0 Å². The van der Waals surface area contributed by atoms with Gasteiger partial charge in [0.05, 0.1) is 24.1 Å². The number of nitrogens with zero attached hydrogens (tertiary/aromatic N) is 3. The van der Waals surface area contributed by atoms with Crippen molar-refractivity contribution in [3.63, 3.8) is 0 Å². The van der Waals surface area contributed by atoms with Gasteiger partial charge in [0, 0.05) is 13.1 Å². The number of nitrogens with two attached hydrogens (primary N) is 1. The van der Waals surface area contributed by atoms with E-state index in [0.717, 1.165) is 15.2 Å². The van der Waals surface area contributed by atoms with E-state index in [1.54, 1.807) is 30.3 Å². The molecule has 12 nitrogen and oxygen atoms in total. The topological polar surface area (TPSA) is 166 Å². The molecule has 176 valence electrons. The minimum atomic E-state index is -1.04. The largest absolute Gasteiger partial charge is 0.490 e. The summed E-state index contributed by atoms with van der Waals surface area (Å²) in [4.78, 5) is 60.7. The van der Waals surface area contributed by atoms with E-state index in [2.05, 4.69) is 0 Å². The first-order valence-corrected chi connectivity index (χ1v) is 9.81. The van der Waals surface area contributed by atoms with Crippen molar-refractivity contribution in [3.8, 4) is 5.75 Å². The molecule has 0 spiro atoms. The number of anilines is 1. The van der Waals surface area contributed by atoms with Gasteiger partial charge in [0.15, 0.2) is 12.4 Å². The Morgan fingerprint density at radius 3 is 2.41 bits per heavy atom. The van der Waals surface area contributed by atoms with Crippen LogP contribution in [0.3, 0.4) is 0 Å². The van der Waals surface area contributed by atoms with Crippen LogP contribution in [0.25, 0.3) is 0 Å². The predicted octanol–water partition coefficient (Wildman–Crippen LogP) is 1.13. The summed E-state index contributed by atoms with van der Waals surface area (Å²) in [6.07, 6.45) is 0. The zero-order valence-electron chi connectivity index (χ0n) is 18.2. The molecule has 1 heterocycles. The minimum absolute atomic E-state index is 0.00914. The molecule has 0 atom stereocenters. The second-order valence-corrected chi connectivity index (χ2v) is 7.12. The number of carbonyl (C=O) groups excluding carboxylic acids is 2. The molecule has 3 rings (SSSR count). The standard InChI is InChI=1S/C22H20N4O8/c1-24-20(28)18(19(23)25(22(24)30)11-13-6-4-3-5-7-13)16(27)12-34-21(29)14-8-9-17(33-2)15(10-14)26(31)32/h3-10H,11-12,23H2,1-2H3. The van der Waals surface area contributed by atoms with Crippen LogP contribution < -0.4 is 21.7 Å². The van der Waals surface area contributed by atoms with Crippen molar-refractivity contribution < 1.29 is 24.0 Å². The highest BCUT2D eigenvalue weighted by Gasteiger charge is 2.24. The molecule has 0 bridgehead atoms. The van der Waals surface area contributed by atoms with E-state index in [1.165, 1.54) is 26.3 Å².